The molecule has 0 fully saturated rings. The van der Waals surface area contributed by atoms with Crippen LogP contribution in [0.2, 0.25) is 5.02 Å². The quantitative estimate of drug-likeness (QED) is 0.620. The minimum absolute atomic E-state index is 0.185. The number of alkyl halides is 3. The first kappa shape index (κ1) is 19.6. The number of anilines is 1. The topological polar surface area (TPSA) is 47.6 Å². The number of hydrogen-bond donors (Lipinski definition) is 1. The Kier molecular flexibility index (Phi) is 6.03. The Labute approximate surface area is 148 Å². The van der Waals surface area contributed by atoms with E-state index in [1.165, 1.54) is 43.5 Å². The molecule has 25 heavy (non-hydrogen) atoms. The Morgan fingerprint density at radius 1 is 1.08 bits per heavy atom. The molecule has 0 aromatic heterocycles. The van der Waals surface area contributed by atoms with E-state index in [4.69, 9.17) is 20.9 Å². The van der Waals surface area contributed by atoms with Crippen molar-refractivity contribution < 1.29 is 27.0 Å². The normalized spacial score (nSPS) is 15.3. The van der Waals surface area contributed by atoms with Gasteiger partial charge in [0, 0.05) is 17.4 Å². The molecule has 0 saturated heterocycles. The molecule has 0 bridgehead atoms. The SMILES string of the molecule is COc1ccc(NP(C)(=O)OC(c2ccc(Cl)cc2)C(F)(F)F)cc1. The first-order valence-corrected chi connectivity index (χ1v) is 9.56. The zero-order valence-electron chi connectivity index (χ0n) is 13.4. The lowest BCUT2D eigenvalue weighted by molar-refractivity contribution is -0.197. The average molecular weight is 394 g/mol. The summed E-state index contributed by atoms with van der Waals surface area (Å²) in [5, 5.41) is 2.80. The van der Waals surface area contributed by atoms with Gasteiger partial charge in [0.2, 0.25) is 0 Å². The molecule has 0 spiro atoms. The van der Waals surface area contributed by atoms with Crippen LogP contribution in [0.3, 0.4) is 0 Å². The number of methoxy groups -OCH3 is 1. The lowest BCUT2D eigenvalue weighted by Crippen LogP contribution is -2.23. The predicted octanol–water partition coefficient (Wildman–Crippen LogP) is 5.90. The van der Waals surface area contributed by atoms with Crippen molar-refractivity contribution >= 4 is 24.8 Å². The molecule has 0 aliphatic carbocycles. The fourth-order valence-electron chi connectivity index (χ4n) is 2.07. The maximum Gasteiger partial charge on any atom is 0.419 e. The molecule has 1 N–H and O–H groups in total. The monoisotopic (exact) mass is 393 g/mol. The van der Waals surface area contributed by atoms with E-state index in [-0.39, 0.29) is 5.56 Å². The highest BCUT2D eigenvalue weighted by atomic mass is 35.5. The number of rotatable bonds is 6. The third-order valence-corrected chi connectivity index (χ3v) is 4.73. The molecule has 136 valence electrons. The zero-order chi connectivity index (χ0) is 18.7. The van der Waals surface area contributed by atoms with E-state index in [9.17, 15) is 17.7 Å². The van der Waals surface area contributed by atoms with Crippen molar-refractivity contribution in [1.82, 2.24) is 0 Å². The van der Waals surface area contributed by atoms with Gasteiger partial charge in [-0.1, -0.05) is 23.7 Å². The minimum atomic E-state index is -4.74. The fraction of sp³-hybridized carbons (Fsp3) is 0.250. The van der Waals surface area contributed by atoms with Gasteiger partial charge in [0.1, 0.15) is 5.75 Å². The molecule has 2 aromatic rings. The van der Waals surface area contributed by atoms with E-state index in [2.05, 4.69) is 5.09 Å². The molecule has 2 atom stereocenters. The molecular formula is C16H16ClF3NO3P. The summed E-state index contributed by atoms with van der Waals surface area (Å²) in [6, 6.07) is 11.2. The van der Waals surface area contributed by atoms with Gasteiger partial charge in [-0.25, -0.2) is 0 Å². The van der Waals surface area contributed by atoms with Crippen molar-refractivity contribution in [3.05, 3.63) is 59.1 Å². The molecule has 0 radical (unpaired) electrons. The maximum absolute atomic E-state index is 13.4. The van der Waals surface area contributed by atoms with E-state index in [1.807, 2.05) is 0 Å². The Balaban J connectivity index is 2.21. The molecule has 4 nitrogen and oxygen atoms in total. The number of nitrogens with one attached hydrogen (secondary N) is 1. The van der Waals surface area contributed by atoms with E-state index in [0.717, 1.165) is 6.66 Å². The van der Waals surface area contributed by atoms with Crippen molar-refractivity contribution in [2.45, 2.75) is 12.3 Å². The van der Waals surface area contributed by atoms with E-state index in [0.29, 0.717) is 16.5 Å². The molecule has 0 heterocycles. The van der Waals surface area contributed by atoms with E-state index >= 15 is 0 Å². The van der Waals surface area contributed by atoms with Crippen LogP contribution in [0.15, 0.2) is 48.5 Å². The Morgan fingerprint density at radius 3 is 2.12 bits per heavy atom. The average Bonchev–Trinajstić information content (AvgIpc) is 2.53. The number of ether oxygens (including phenoxy) is 1. The summed E-state index contributed by atoms with van der Waals surface area (Å²) in [6.07, 6.45) is -7.08. The van der Waals surface area contributed by atoms with Crippen molar-refractivity contribution in [2.75, 3.05) is 18.9 Å². The molecule has 2 aromatic carbocycles. The maximum atomic E-state index is 13.4. The Morgan fingerprint density at radius 2 is 1.64 bits per heavy atom. The first-order valence-electron chi connectivity index (χ1n) is 7.11. The van der Waals surface area contributed by atoms with Crippen LogP contribution >= 0.6 is 19.1 Å². The third-order valence-electron chi connectivity index (χ3n) is 3.20. The molecule has 0 saturated carbocycles. The number of halogens is 4. The summed E-state index contributed by atoms with van der Waals surface area (Å²) in [6.45, 7) is 1.09. The van der Waals surface area contributed by atoms with Gasteiger partial charge in [-0.15, -0.1) is 0 Å². The van der Waals surface area contributed by atoms with Gasteiger partial charge in [0.25, 0.3) is 7.52 Å². The van der Waals surface area contributed by atoms with Crippen molar-refractivity contribution in [3.63, 3.8) is 0 Å². The minimum Gasteiger partial charge on any atom is -0.497 e. The summed E-state index contributed by atoms with van der Waals surface area (Å²) < 4.78 is 62.5. The van der Waals surface area contributed by atoms with Crippen LogP contribution in [-0.2, 0) is 9.09 Å². The van der Waals surface area contributed by atoms with Crippen LogP contribution in [0.4, 0.5) is 18.9 Å². The van der Waals surface area contributed by atoms with Crippen LogP contribution < -0.4 is 9.82 Å². The molecule has 0 aliphatic heterocycles. The summed E-state index contributed by atoms with van der Waals surface area (Å²) in [7, 11) is -2.33. The fourth-order valence-corrected chi connectivity index (χ4v) is 3.52. The van der Waals surface area contributed by atoms with Crippen molar-refractivity contribution in [1.29, 1.82) is 0 Å². The van der Waals surface area contributed by atoms with Gasteiger partial charge in [-0.05, 0) is 42.0 Å². The van der Waals surface area contributed by atoms with Gasteiger partial charge < -0.3 is 9.82 Å². The highest BCUT2D eigenvalue weighted by Gasteiger charge is 2.45. The molecular weight excluding hydrogens is 378 g/mol. The number of hydrogen-bond acceptors (Lipinski definition) is 3. The lowest BCUT2D eigenvalue weighted by atomic mass is 10.1. The highest BCUT2D eigenvalue weighted by molar-refractivity contribution is 7.59. The smallest absolute Gasteiger partial charge is 0.419 e. The van der Waals surface area contributed by atoms with E-state index < -0.39 is 19.8 Å². The lowest BCUT2D eigenvalue weighted by Gasteiger charge is -2.25. The molecule has 2 unspecified atom stereocenters. The van der Waals surface area contributed by atoms with Crippen LogP contribution in [-0.4, -0.2) is 20.0 Å². The summed E-state index contributed by atoms with van der Waals surface area (Å²) in [5.41, 5.74) is 0.166. The second-order valence-corrected chi connectivity index (χ2v) is 7.83. The summed E-state index contributed by atoms with van der Waals surface area (Å²) >= 11 is 5.70. The largest absolute Gasteiger partial charge is 0.497 e. The standard InChI is InChI=1S/C16H16ClF3NO3P/c1-23-14-9-7-13(8-10-14)21-25(2,22)24-15(16(18,19)20)11-3-5-12(17)6-4-11/h3-10,15H,1-2H3,(H,21,22). The second kappa shape index (κ2) is 7.68. The Hall–Kier alpha value is -1.69. The second-order valence-electron chi connectivity index (χ2n) is 5.26. The van der Waals surface area contributed by atoms with Crippen LogP contribution in [0.25, 0.3) is 0 Å². The summed E-state index contributed by atoms with van der Waals surface area (Å²) in [4.78, 5) is 0. The van der Waals surface area contributed by atoms with Gasteiger partial charge in [0.05, 0.1) is 7.11 Å². The number of benzene rings is 2. The van der Waals surface area contributed by atoms with Crippen molar-refractivity contribution in [3.8, 4) is 5.75 Å². The highest BCUT2D eigenvalue weighted by Crippen LogP contribution is 2.51. The zero-order valence-corrected chi connectivity index (χ0v) is 15.0. The predicted molar refractivity (Wildman–Crippen MR) is 91.5 cm³/mol. The van der Waals surface area contributed by atoms with Crippen LogP contribution in [0.5, 0.6) is 5.75 Å². The van der Waals surface area contributed by atoms with Crippen molar-refractivity contribution in [2.24, 2.45) is 0 Å². The van der Waals surface area contributed by atoms with E-state index in [1.54, 1.807) is 12.1 Å². The third kappa shape index (κ3) is 5.66. The van der Waals surface area contributed by atoms with Gasteiger partial charge in [-0.3, -0.25) is 9.09 Å². The van der Waals surface area contributed by atoms with Gasteiger partial charge in [-0.2, -0.15) is 13.2 Å². The van der Waals surface area contributed by atoms with Gasteiger partial charge in [0.15, 0.2) is 6.10 Å². The molecule has 9 heteroatoms. The van der Waals surface area contributed by atoms with Crippen LogP contribution in [0.1, 0.15) is 11.7 Å². The Bertz CT molecular complexity index is 751. The summed E-state index contributed by atoms with van der Waals surface area (Å²) in [5.74, 6) is 0.562. The molecule has 0 amide bonds. The van der Waals surface area contributed by atoms with Gasteiger partial charge >= 0.3 is 6.18 Å². The first-order chi connectivity index (χ1) is 11.6. The van der Waals surface area contributed by atoms with Crippen LogP contribution in [0, 0.1) is 0 Å². The molecule has 0 aliphatic rings. The molecule has 2 rings (SSSR count).